The molecule has 1 aliphatic rings. The molecule has 14 heavy (non-hydrogen) atoms. The molecule has 0 radical (unpaired) electrons. The van der Waals surface area contributed by atoms with Gasteiger partial charge in [0.2, 0.25) is 0 Å². The summed E-state index contributed by atoms with van der Waals surface area (Å²) in [5.74, 6) is 0.424. The zero-order valence-electron chi connectivity index (χ0n) is 7.79. The number of Topliss-reactive ketones (excluding diaryl/α,β-unsaturated/α-hetero) is 1. The van der Waals surface area contributed by atoms with E-state index in [1.807, 2.05) is 0 Å². The van der Waals surface area contributed by atoms with Gasteiger partial charge in [-0.25, -0.2) is 0 Å². The average molecular weight is 210 g/mol. The molecule has 0 unspecified atom stereocenters. The average Bonchev–Trinajstić information content (AvgIpc) is 2.06. The third-order valence-corrected chi connectivity index (χ3v) is 3.09. The number of hydrogen-bond donors (Lipinski definition) is 1. The lowest BCUT2D eigenvalue weighted by atomic mass is 9.80. The molecule has 1 aromatic rings. The molecule has 0 bridgehead atoms. The summed E-state index contributed by atoms with van der Waals surface area (Å²) in [6, 6.07) is 5.10. The normalized spacial score (nSPS) is 16.4. The number of rotatable bonds is 2. The summed E-state index contributed by atoms with van der Waals surface area (Å²) in [5.41, 5.74) is 6.78. The van der Waals surface area contributed by atoms with Gasteiger partial charge in [-0.2, -0.15) is 0 Å². The van der Waals surface area contributed by atoms with E-state index in [0.29, 0.717) is 16.3 Å². The molecule has 74 valence electrons. The molecule has 0 atom stereocenters. The molecule has 1 saturated carbocycles. The highest BCUT2D eigenvalue weighted by Gasteiger charge is 2.26. The molecule has 0 amide bonds. The van der Waals surface area contributed by atoms with Crippen LogP contribution in [0.1, 0.15) is 29.6 Å². The topological polar surface area (TPSA) is 43.1 Å². The smallest absolute Gasteiger partial charge is 0.165 e. The molecule has 1 fully saturated rings. The van der Waals surface area contributed by atoms with Crippen LogP contribution >= 0.6 is 11.6 Å². The van der Waals surface area contributed by atoms with E-state index >= 15 is 0 Å². The van der Waals surface area contributed by atoms with Crippen LogP contribution in [-0.4, -0.2) is 5.78 Å². The van der Waals surface area contributed by atoms with Gasteiger partial charge in [0.05, 0.1) is 10.7 Å². The summed E-state index contributed by atoms with van der Waals surface area (Å²) >= 11 is 5.85. The summed E-state index contributed by atoms with van der Waals surface area (Å²) in [6.07, 6.45) is 3.20. The lowest BCUT2D eigenvalue weighted by molar-refractivity contribution is 0.0855. The molecule has 1 aromatic carbocycles. The van der Waals surface area contributed by atoms with E-state index in [2.05, 4.69) is 0 Å². The van der Waals surface area contributed by atoms with Gasteiger partial charge in [-0.15, -0.1) is 0 Å². The van der Waals surface area contributed by atoms with Crippen molar-refractivity contribution in [2.75, 3.05) is 5.73 Å². The van der Waals surface area contributed by atoms with Crippen LogP contribution in [0.5, 0.6) is 0 Å². The van der Waals surface area contributed by atoms with Crippen molar-refractivity contribution in [3.63, 3.8) is 0 Å². The molecule has 0 aromatic heterocycles. The van der Waals surface area contributed by atoms with Gasteiger partial charge in [0.15, 0.2) is 5.78 Å². The molecule has 2 N–H and O–H groups in total. The van der Waals surface area contributed by atoms with Gasteiger partial charge in [0.25, 0.3) is 0 Å². The fourth-order valence-corrected chi connectivity index (χ4v) is 1.77. The zero-order chi connectivity index (χ0) is 10.1. The number of carbonyl (C=O) groups is 1. The van der Waals surface area contributed by atoms with Gasteiger partial charge in [0, 0.05) is 11.5 Å². The monoisotopic (exact) mass is 209 g/mol. The Labute approximate surface area is 88.1 Å². The summed E-state index contributed by atoms with van der Waals surface area (Å²) in [6.45, 7) is 0. The third kappa shape index (κ3) is 1.62. The lowest BCUT2D eigenvalue weighted by Crippen LogP contribution is -2.21. The van der Waals surface area contributed by atoms with Crippen LogP contribution in [0, 0.1) is 5.92 Å². The van der Waals surface area contributed by atoms with E-state index in [1.165, 1.54) is 6.42 Å². The quantitative estimate of drug-likeness (QED) is 0.601. The van der Waals surface area contributed by atoms with Gasteiger partial charge < -0.3 is 5.73 Å². The summed E-state index contributed by atoms with van der Waals surface area (Å²) in [5, 5.41) is 0.468. The maximum atomic E-state index is 11.8. The minimum Gasteiger partial charge on any atom is -0.398 e. The third-order valence-electron chi connectivity index (χ3n) is 2.76. The van der Waals surface area contributed by atoms with Gasteiger partial charge in [-0.05, 0) is 31.0 Å². The van der Waals surface area contributed by atoms with E-state index in [0.717, 1.165) is 12.8 Å². The molecule has 0 aliphatic heterocycles. The highest BCUT2D eigenvalue weighted by atomic mass is 35.5. The Morgan fingerprint density at radius 3 is 2.64 bits per heavy atom. The molecule has 0 heterocycles. The number of anilines is 1. The van der Waals surface area contributed by atoms with Crippen molar-refractivity contribution in [1.29, 1.82) is 0 Å². The van der Waals surface area contributed by atoms with Gasteiger partial charge in [-0.3, -0.25) is 4.79 Å². The first-order valence-electron chi connectivity index (χ1n) is 4.77. The van der Waals surface area contributed by atoms with Crippen molar-refractivity contribution in [2.24, 2.45) is 5.92 Å². The van der Waals surface area contributed by atoms with Crippen LogP contribution in [0.3, 0.4) is 0 Å². The molecule has 3 heteroatoms. The number of benzene rings is 1. The van der Waals surface area contributed by atoms with E-state index in [-0.39, 0.29) is 11.7 Å². The van der Waals surface area contributed by atoms with Gasteiger partial charge in [-0.1, -0.05) is 18.0 Å². The van der Waals surface area contributed by atoms with Crippen LogP contribution in [0.4, 0.5) is 5.69 Å². The van der Waals surface area contributed by atoms with Crippen LogP contribution in [0.15, 0.2) is 18.2 Å². The largest absolute Gasteiger partial charge is 0.398 e. The van der Waals surface area contributed by atoms with E-state index < -0.39 is 0 Å². The number of hydrogen-bond acceptors (Lipinski definition) is 2. The zero-order valence-corrected chi connectivity index (χ0v) is 8.55. The maximum absolute atomic E-state index is 11.8. The Kier molecular flexibility index (Phi) is 2.46. The highest BCUT2D eigenvalue weighted by Crippen LogP contribution is 2.31. The number of halogens is 1. The minimum absolute atomic E-state index is 0.207. The van der Waals surface area contributed by atoms with Crippen LogP contribution in [-0.2, 0) is 0 Å². The van der Waals surface area contributed by atoms with Crippen molar-refractivity contribution in [3.05, 3.63) is 28.8 Å². The predicted octanol–water partition coefficient (Wildman–Crippen LogP) is 2.91. The molecule has 0 saturated heterocycles. The van der Waals surface area contributed by atoms with Crippen molar-refractivity contribution >= 4 is 23.1 Å². The molecular weight excluding hydrogens is 198 g/mol. The molecule has 2 rings (SSSR count). The van der Waals surface area contributed by atoms with Gasteiger partial charge in [0.1, 0.15) is 0 Å². The standard InChI is InChI=1S/C11H12ClNO/c12-9-6-8(4-5-10(9)13)11(14)7-2-1-3-7/h4-7H,1-3,13H2. The van der Waals surface area contributed by atoms with E-state index in [4.69, 9.17) is 17.3 Å². The second kappa shape index (κ2) is 3.62. The molecule has 0 spiro atoms. The van der Waals surface area contributed by atoms with Crippen LogP contribution in [0.25, 0.3) is 0 Å². The fraction of sp³-hybridized carbons (Fsp3) is 0.364. The summed E-state index contributed by atoms with van der Waals surface area (Å²) in [4.78, 5) is 11.8. The van der Waals surface area contributed by atoms with E-state index in [1.54, 1.807) is 18.2 Å². The van der Waals surface area contributed by atoms with Crippen molar-refractivity contribution in [1.82, 2.24) is 0 Å². The van der Waals surface area contributed by atoms with Gasteiger partial charge >= 0.3 is 0 Å². The second-order valence-corrected chi connectivity index (χ2v) is 4.14. The second-order valence-electron chi connectivity index (χ2n) is 3.73. The Bertz CT molecular complexity index is 372. The van der Waals surface area contributed by atoms with Crippen molar-refractivity contribution in [2.45, 2.75) is 19.3 Å². The first kappa shape index (κ1) is 9.53. The number of ketones is 1. The van der Waals surface area contributed by atoms with Crippen molar-refractivity contribution in [3.8, 4) is 0 Å². The molecule has 1 aliphatic carbocycles. The first-order chi connectivity index (χ1) is 6.68. The van der Waals surface area contributed by atoms with Crippen LogP contribution in [0.2, 0.25) is 5.02 Å². The Morgan fingerprint density at radius 1 is 1.43 bits per heavy atom. The predicted molar refractivity (Wildman–Crippen MR) is 57.5 cm³/mol. The number of nitrogens with two attached hydrogens (primary N) is 1. The SMILES string of the molecule is Nc1ccc(C(=O)C2CCC2)cc1Cl. The first-order valence-corrected chi connectivity index (χ1v) is 5.15. The Hall–Kier alpha value is -1.02. The highest BCUT2D eigenvalue weighted by molar-refractivity contribution is 6.33. The molecule has 2 nitrogen and oxygen atoms in total. The lowest BCUT2D eigenvalue weighted by Gasteiger charge is -2.23. The molecular formula is C11H12ClNO. The van der Waals surface area contributed by atoms with Crippen LogP contribution < -0.4 is 5.73 Å². The Morgan fingerprint density at radius 2 is 2.14 bits per heavy atom. The minimum atomic E-state index is 0.207. The fourth-order valence-electron chi connectivity index (χ4n) is 1.59. The van der Waals surface area contributed by atoms with E-state index in [9.17, 15) is 4.79 Å². The summed E-state index contributed by atoms with van der Waals surface area (Å²) < 4.78 is 0. The number of carbonyl (C=O) groups excluding carboxylic acids is 1. The Balaban J connectivity index is 2.23. The van der Waals surface area contributed by atoms with Crippen molar-refractivity contribution < 1.29 is 4.79 Å². The maximum Gasteiger partial charge on any atom is 0.165 e. The summed E-state index contributed by atoms with van der Waals surface area (Å²) in [7, 11) is 0. The number of nitrogen functional groups attached to an aromatic ring is 1.